The molecule has 2 unspecified atom stereocenters. The molecule has 5 heterocycles. The van der Waals surface area contributed by atoms with Gasteiger partial charge in [0.25, 0.3) is 0 Å². The maximum atomic E-state index is 15.1. The first-order valence-electron chi connectivity index (χ1n) is 17.5. The molecule has 3 atom stereocenters. The van der Waals surface area contributed by atoms with Gasteiger partial charge in [-0.2, -0.15) is 9.97 Å². The van der Waals surface area contributed by atoms with Gasteiger partial charge in [-0.1, -0.05) is 18.4 Å². The quantitative estimate of drug-likeness (QED) is 0.222. The van der Waals surface area contributed by atoms with Crippen molar-refractivity contribution in [3.05, 3.63) is 47.4 Å². The topological polar surface area (TPSA) is 86.6 Å². The van der Waals surface area contributed by atoms with Gasteiger partial charge in [-0.25, -0.2) is 8.78 Å². The predicted octanol–water partition coefficient (Wildman–Crippen LogP) is 6.08. The molecule has 3 saturated heterocycles. The number of pyridine rings is 1. The second kappa shape index (κ2) is 11.5. The van der Waals surface area contributed by atoms with Crippen LogP contribution in [0.2, 0.25) is 0 Å². The minimum Gasteiger partial charge on any atom is -0.508 e. The summed E-state index contributed by atoms with van der Waals surface area (Å²) in [5.41, 5.74) is 4.08. The Hall–Kier alpha value is -4.07. The van der Waals surface area contributed by atoms with Crippen LogP contribution in [0.15, 0.2) is 30.5 Å². The SMILES string of the molecule is C#Cc1c(F)ccc2cc(O)cc(-c3cnc4c(N5CC6CCC(C5)N6)nc(OCC5(CN6CC[C@@H](F)C6)CC5)nc4c3C3CCC3)c12. The summed E-state index contributed by atoms with van der Waals surface area (Å²) in [6, 6.07) is 7.41. The van der Waals surface area contributed by atoms with Crippen molar-refractivity contribution in [1.82, 2.24) is 25.2 Å². The number of nitrogens with zero attached hydrogens (tertiary/aromatic N) is 5. The Morgan fingerprint density at radius 3 is 2.52 bits per heavy atom. The first-order chi connectivity index (χ1) is 23.4. The molecule has 2 saturated carbocycles. The lowest BCUT2D eigenvalue weighted by molar-refractivity contribution is 0.165. The summed E-state index contributed by atoms with van der Waals surface area (Å²) >= 11 is 0. The van der Waals surface area contributed by atoms with Crippen molar-refractivity contribution in [3.8, 4) is 35.2 Å². The Balaban J connectivity index is 1.19. The molecule has 5 aliphatic rings. The van der Waals surface area contributed by atoms with Crippen molar-refractivity contribution in [3.63, 3.8) is 0 Å². The molecule has 8 nitrogen and oxygen atoms in total. The fourth-order valence-electron chi connectivity index (χ4n) is 8.56. The number of likely N-dealkylation sites (tertiary alicyclic amines) is 1. The van der Waals surface area contributed by atoms with Crippen molar-refractivity contribution < 1.29 is 18.6 Å². The van der Waals surface area contributed by atoms with E-state index in [0.29, 0.717) is 54.0 Å². The van der Waals surface area contributed by atoms with Crippen LogP contribution in [-0.4, -0.2) is 82.5 Å². The maximum Gasteiger partial charge on any atom is 0.319 e. The number of nitrogens with one attached hydrogen (secondary N) is 1. The Morgan fingerprint density at radius 1 is 1.02 bits per heavy atom. The molecule has 248 valence electrons. The average molecular weight is 651 g/mol. The van der Waals surface area contributed by atoms with Gasteiger partial charge in [0.05, 0.1) is 12.2 Å². The zero-order chi connectivity index (χ0) is 32.6. The van der Waals surface area contributed by atoms with Crippen molar-refractivity contribution in [2.75, 3.05) is 44.2 Å². The number of benzene rings is 2. The van der Waals surface area contributed by atoms with Gasteiger partial charge in [-0.15, -0.1) is 6.42 Å². The predicted molar refractivity (Wildman–Crippen MR) is 182 cm³/mol. The molecule has 9 rings (SSSR count). The summed E-state index contributed by atoms with van der Waals surface area (Å²) in [4.78, 5) is 19.8. The molecule has 4 aromatic rings. The largest absolute Gasteiger partial charge is 0.508 e. The van der Waals surface area contributed by atoms with Crippen molar-refractivity contribution in [2.24, 2.45) is 5.41 Å². The van der Waals surface area contributed by atoms with Crippen LogP contribution in [0.4, 0.5) is 14.6 Å². The molecule has 48 heavy (non-hydrogen) atoms. The first-order valence-corrected chi connectivity index (χ1v) is 17.5. The summed E-state index contributed by atoms with van der Waals surface area (Å²) in [7, 11) is 0. The highest BCUT2D eigenvalue weighted by Crippen LogP contribution is 2.49. The highest BCUT2D eigenvalue weighted by atomic mass is 19.1. The molecule has 3 aliphatic heterocycles. The van der Waals surface area contributed by atoms with Gasteiger partial charge in [0.2, 0.25) is 0 Å². The number of aromatic hydroxyl groups is 1. The van der Waals surface area contributed by atoms with E-state index in [4.69, 9.17) is 26.1 Å². The van der Waals surface area contributed by atoms with E-state index in [0.717, 1.165) is 99.1 Å². The zero-order valence-corrected chi connectivity index (χ0v) is 27.0. The third-order valence-electron chi connectivity index (χ3n) is 11.5. The fourth-order valence-corrected chi connectivity index (χ4v) is 8.56. The molecule has 0 spiro atoms. The number of rotatable bonds is 8. The number of anilines is 1. The van der Waals surface area contributed by atoms with Gasteiger partial charge in [-0.3, -0.25) is 9.88 Å². The van der Waals surface area contributed by atoms with Crippen LogP contribution in [-0.2, 0) is 0 Å². The lowest BCUT2D eigenvalue weighted by Crippen LogP contribution is -2.51. The summed E-state index contributed by atoms with van der Waals surface area (Å²) in [5.74, 6) is 3.14. The number of ether oxygens (including phenoxy) is 1. The second-order valence-corrected chi connectivity index (χ2v) is 14.9. The fraction of sp³-hybridized carbons (Fsp3) is 0.500. The number of halogens is 2. The monoisotopic (exact) mass is 650 g/mol. The highest BCUT2D eigenvalue weighted by Gasteiger charge is 2.46. The molecule has 2 aliphatic carbocycles. The molecule has 2 N–H and O–H groups in total. The van der Waals surface area contributed by atoms with Gasteiger partial charge in [0, 0.05) is 67.4 Å². The van der Waals surface area contributed by atoms with Gasteiger partial charge >= 0.3 is 6.01 Å². The third-order valence-corrected chi connectivity index (χ3v) is 11.5. The average Bonchev–Trinajstić information content (AvgIpc) is 3.57. The van der Waals surface area contributed by atoms with Crippen LogP contribution >= 0.6 is 0 Å². The van der Waals surface area contributed by atoms with E-state index in [-0.39, 0.29) is 22.6 Å². The van der Waals surface area contributed by atoms with Crippen molar-refractivity contribution >= 4 is 27.6 Å². The lowest BCUT2D eigenvalue weighted by atomic mass is 9.76. The molecular weight excluding hydrogens is 610 g/mol. The van der Waals surface area contributed by atoms with E-state index in [1.165, 1.54) is 6.07 Å². The van der Waals surface area contributed by atoms with E-state index in [1.54, 1.807) is 18.2 Å². The van der Waals surface area contributed by atoms with Crippen LogP contribution in [0.5, 0.6) is 11.8 Å². The Bertz CT molecular complexity index is 1960. The molecule has 0 amide bonds. The summed E-state index contributed by atoms with van der Waals surface area (Å²) in [6.45, 7) is 4.25. The van der Waals surface area contributed by atoms with E-state index in [9.17, 15) is 9.50 Å². The molecule has 2 aromatic heterocycles. The smallest absolute Gasteiger partial charge is 0.319 e. The minimum atomic E-state index is -0.745. The van der Waals surface area contributed by atoms with Gasteiger partial charge in [0.15, 0.2) is 5.82 Å². The van der Waals surface area contributed by atoms with E-state index >= 15 is 4.39 Å². The van der Waals surface area contributed by atoms with E-state index in [2.05, 4.69) is 21.0 Å². The number of terminal acetylenes is 1. The number of fused-ring (bicyclic) bond motifs is 4. The molecule has 10 heteroatoms. The standard InChI is InChI=1S/C38H40F2N6O2/c1-2-28-31(40)9-6-23-14-27(47)15-29(32(23)28)30-16-41-35-34(33(30)22-4-3-5-22)43-37(44-36(35)46-18-25-7-8-26(19-46)42-25)48-21-38(11-12-38)20-45-13-10-24(39)17-45/h1,6,9,14-16,22,24-26,42,47H,3-5,7-8,10-13,17-21H2/t24-,25?,26?/m1/s1. The van der Waals surface area contributed by atoms with Crippen LogP contribution in [0.25, 0.3) is 32.9 Å². The van der Waals surface area contributed by atoms with Crippen molar-refractivity contribution in [2.45, 2.75) is 75.5 Å². The highest BCUT2D eigenvalue weighted by molar-refractivity contribution is 6.04. The minimum absolute atomic E-state index is 0.0101. The first kappa shape index (κ1) is 30.0. The molecule has 2 bridgehead atoms. The van der Waals surface area contributed by atoms with Crippen LogP contribution < -0.4 is 15.0 Å². The summed E-state index contributed by atoms with van der Waals surface area (Å²) in [6.07, 6.45) is 15.0. The Morgan fingerprint density at radius 2 is 1.83 bits per heavy atom. The lowest BCUT2D eigenvalue weighted by Gasteiger charge is -2.35. The molecular formula is C38H40F2N6O2. The number of hydrogen-bond donors (Lipinski definition) is 2. The van der Waals surface area contributed by atoms with Crippen LogP contribution in [0.1, 0.15) is 68.4 Å². The summed E-state index contributed by atoms with van der Waals surface area (Å²) in [5, 5.41) is 15.8. The van der Waals surface area contributed by atoms with Gasteiger partial charge in [-0.05, 0) is 85.6 Å². The van der Waals surface area contributed by atoms with Gasteiger partial charge in [0.1, 0.15) is 28.8 Å². The summed E-state index contributed by atoms with van der Waals surface area (Å²) < 4.78 is 35.6. The third kappa shape index (κ3) is 5.23. The number of aromatic nitrogens is 3. The van der Waals surface area contributed by atoms with Crippen LogP contribution in [0, 0.1) is 23.6 Å². The van der Waals surface area contributed by atoms with Gasteiger partial charge < -0.3 is 20.1 Å². The molecule has 0 radical (unpaired) electrons. The molecule has 2 aromatic carbocycles. The number of alkyl halides is 1. The number of phenolic OH excluding ortho intramolecular Hbond substituents is 1. The maximum absolute atomic E-state index is 15.1. The number of phenols is 1. The normalized spacial score (nSPS) is 25.0. The number of piperazine rings is 1. The Kier molecular flexibility index (Phi) is 7.21. The zero-order valence-electron chi connectivity index (χ0n) is 27.0. The Labute approximate surface area is 278 Å². The second-order valence-electron chi connectivity index (χ2n) is 14.9. The van der Waals surface area contributed by atoms with E-state index in [1.807, 2.05) is 6.20 Å². The van der Waals surface area contributed by atoms with E-state index < -0.39 is 12.0 Å². The van der Waals surface area contributed by atoms with Crippen molar-refractivity contribution in [1.29, 1.82) is 0 Å². The molecule has 5 fully saturated rings. The van der Waals surface area contributed by atoms with Crippen LogP contribution in [0.3, 0.4) is 0 Å². The number of hydrogen-bond acceptors (Lipinski definition) is 8.